The lowest BCUT2D eigenvalue weighted by atomic mass is 10.1. The van der Waals surface area contributed by atoms with E-state index >= 15 is 0 Å². The highest BCUT2D eigenvalue weighted by Gasteiger charge is 2.22. The van der Waals surface area contributed by atoms with Gasteiger partial charge in [-0.25, -0.2) is 0 Å². The van der Waals surface area contributed by atoms with Crippen molar-refractivity contribution in [3.05, 3.63) is 29.3 Å². The summed E-state index contributed by atoms with van der Waals surface area (Å²) in [5.74, 6) is 0.826. The fourth-order valence-electron chi connectivity index (χ4n) is 2.39. The number of ether oxygens (including phenoxy) is 2. The Labute approximate surface area is 113 Å². The SMILES string of the molecule is COc1ccc(CN2CCOCC2CO)cc1CN. The number of hydrogen-bond donors (Lipinski definition) is 2. The topological polar surface area (TPSA) is 68.0 Å². The Morgan fingerprint density at radius 3 is 3.05 bits per heavy atom. The molecule has 1 atom stereocenters. The highest BCUT2D eigenvalue weighted by atomic mass is 16.5. The van der Waals surface area contributed by atoms with Crippen LogP contribution in [0.25, 0.3) is 0 Å². The first-order chi connectivity index (χ1) is 9.28. The first kappa shape index (κ1) is 14.3. The van der Waals surface area contributed by atoms with Gasteiger partial charge in [-0.05, 0) is 17.7 Å². The maximum Gasteiger partial charge on any atom is 0.123 e. The molecule has 0 radical (unpaired) electrons. The molecule has 5 nitrogen and oxygen atoms in total. The first-order valence-corrected chi connectivity index (χ1v) is 6.57. The van der Waals surface area contributed by atoms with Crippen molar-refractivity contribution in [1.29, 1.82) is 0 Å². The maximum atomic E-state index is 9.36. The van der Waals surface area contributed by atoms with Gasteiger partial charge >= 0.3 is 0 Å². The van der Waals surface area contributed by atoms with Gasteiger partial charge < -0.3 is 20.3 Å². The first-order valence-electron chi connectivity index (χ1n) is 6.57. The predicted octanol–water partition coefficient (Wildman–Crippen LogP) is 0.347. The number of hydrogen-bond acceptors (Lipinski definition) is 5. The molecule has 106 valence electrons. The third-order valence-corrected chi connectivity index (χ3v) is 3.51. The van der Waals surface area contributed by atoms with Gasteiger partial charge in [-0.3, -0.25) is 4.90 Å². The van der Waals surface area contributed by atoms with E-state index < -0.39 is 0 Å². The summed E-state index contributed by atoms with van der Waals surface area (Å²) in [4.78, 5) is 2.24. The number of morpholine rings is 1. The number of aliphatic hydroxyl groups is 1. The highest BCUT2D eigenvalue weighted by Crippen LogP contribution is 2.21. The molecule has 3 N–H and O–H groups in total. The smallest absolute Gasteiger partial charge is 0.123 e. The van der Waals surface area contributed by atoms with Crippen molar-refractivity contribution in [3.63, 3.8) is 0 Å². The molecule has 1 aliphatic heterocycles. The quantitative estimate of drug-likeness (QED) is 0.805. The molecule has 5 heteroatoms. The Hall–Kier alpha value is -1.14. The molecule has 1 aromatic rings. The van der Waals surface area contributed by atoms with Crippen LogP contribution in [0.1, 0.15) is 11.1 Å². The standard InChI is InChI=1S/C14H22N2O3/c1-18-14-3-2-11(6-12(14)7-15)8-16-4-5-19-10-13(16)9-17/h2-3,6,13,17H,4-5,7-10,15H2,1H3. The molecule has 1 saturated heterocycles. The van der Waals surface area contributed by atoms with E-state index in [1.165, 1.54) is 5.56 Å². The van der Waals surface area contributed by atoms with E-state index in [0.717, 1.165) is 31.0 Å². The van der Waals surface area contributed by atoms with Crippen molar-refractivity contribution in [2.24, 2.45) is 5.73 Å². The molecule has 0 bridgehead atoms. The molecule has 1 fully saturated rings. The van der Waals surface area contributed by atoms with Gasteiger partial charge in [0, 0.05) is 25.2 Å². The van der Waals surface area contributed by atoms with Crippen LogP contribution in [0, 0.1) is 0 Å². The number of benzene rings is 1. The summed E-state index contributed by atoms with van der Waals surface area (Å²) in [5, 5.41) is 9.36. The monoisotopic (exact) mass is 266 g/mol. The van der Waals surface area contributed by atoms with E-state index in [2.05, 4.69) is 11.0 Å². The summed E-state index contributed by atoms with van der Waals surface area (Å²) in [6.07, 6.45) is 0. The van der Waals surface area contributed by atoms with Gasteiger partial charge in [0.25, 0.3) is 0 Å². The van der Waals surface area contributed by atoms with E-state index in [9.17, 15) is 5.11 Å². The fraction of sp³-hybridized carbons (Fsp3) is 0.571. The van der Waals surface area contributed by atoms with Crippen LogP contribution >= 0.6 is 0 Å². The number of rotatable bonds is 5. The van der Waals surface area contributed by atoms with Gasteiger partial charge in [-0.2, -0.15) is 0 Å². The minimum absolute atomic E-state index is 0.0807. The predicted molar refractivity (Wildman–Crippen MR) is 73.0 cm³/mol. The zero-order chi connectivity index (χ0) is 13.7. The second-order valence-electron chi connectivity index (χ2n) is 4.73. The van der Waals surface area contributed by atoms with Crippen LogP contribution in [0.5, 0.6) is 5.75 Å². The molecule has 1 aliphatic rings. The van der Waals surface area contributed by atoms with Crippen LogP contribution in [0.2, 0.25) is 0 Å². The van der Waals surface area contributed by atoms with Crippen LogP contribution < -0.4 is 10.5 Å². The normalized spacial score (nSPS) is 20.5. The fourth-order valence-corrected chi connectivity index (χ4v) is 2.39. The molecule has 0 aliphatic carbocycles. The number of aliphatic hydroxyl groups excluding tert-OH is 1. The number of nitrogens with zero attached hydrogens (tertiary/aromatic N) is 1. The summed E-state index contributed by atoms with van der Waals surface area (Å²) in [7, 11) is 1.65. The Morgan fingerprint density at radius 1 is 1.53 bits per heavy atom. The highest BCUT2D eigenvalue weighted by molar-refractivity contribution is 5.37. The van der Waals surface area contributed by atoms with Crippen molar-refractivity contribution in [2.75, 3.05) is 33.5 Å². The van der Waals surface area contributed by atoms with E-state index in [1.807, 2.05) is 12.1 Å². The lowest BCUT2D eigenvalue weighted by Crippen LogP contribution is -2.46. The molecule has 19 heavy (non-hydrogen) atoms. The lowest BCUT2D eigenvalue weighted by Gasteiger charge is -2.34. The van der Waals surface area contributed by atoms with Gasteiger partial charge in [-0.1, -0.05) is 6.07 Å². The van der Waals surface area contributed by atoms with Gasteiger partial charge in [0.1, 0.15) is 5.75 Å². The second kappa shape index (κ2) is 6.86. The lowest BCUT2D eigenvalue weighted by molar-refractivity contribution is -0.0312. The number of methoxy groups -OCH3 is 1. The Morgan fingerprint density at radius 2 is 2.37 bits per heavy atom. The van der Waals surface area contributed by atoms with Gasteiger partial charge in [0.2, 0.25) is 0 Å². The third-order valence-electron chi connectivity index (χ3n) is 3.51. The van der Waals surface area contributed by atoms with Crippen LogP contribution in [0.4, 0.5) is 0 Å². The van der Waals surface area contributed by atoms with Crippen molar-refractivity contribution < 1.29 is 14.6 Å². The minimum Gasteiger partial charge on any atom is -0.496 e. The molecular weight excluding hydrogens is 244 g/mol. The average molecular weight is 266 g/mol. The van der Waals surface area contributed by atoms with E-state index in [-0.39, 0.29) is 12.6 Å². The van der Waals surface area contributed by atoms with Crippen molar-refractivity contribution in [2.45, 2.75) is 19.1 Å². The molecule has 1 aromatic carbocycles. The van der Waals surface area contributed by atoms with Crippen molar-refractivity contribution in [1.82, 2.24) is 4.90 Å². The zero-order valence-electron chi connectivity index (χ0n) is 11.3. The summed E-state index contributed by atoms with van der Waals surface area (Å²) in [5.41, 5.74) is 7.92. The minimum atomic E-state index is 0.0807. The molecular formula is C14H22N2O3. The van der Waals surface area contributed by atoms with E-state index in [0.29, 0.717) is 13.2 Å². The molecule has 0 spiro atoms. The molecule has 0 saturated carbocycles. The molecule has 1 unspecified atom stereocenters. The van der Waals surface area contributed by atoms with Gasteiger partial charge in [0.05, 0.1) is 33.0 Å². The summed E-state index contributed by atoms with van der Waals surface area (Å²) < 4.78 is 10.7. The van der Waals surface area contributed by atoms with Crippen molar-refractivity contribution in [3.8, 4) is 5.75 Å². The van der Waals surface area contributed by atoms with E-state index in [1.54, 1.807) is 7.11 Å². The van der Waals surface area contributed by atoms with Gasteiger partial charge in [0.15, 0.2) is 0 Å². The molecule has 1 heterocycles. The molecule has 0 amide bonds. The largest absolute Gasteiger partial charge is 0.496 e. The molecule has 0 aromatic heterocycles. The van der Waals surface area contributed by atoms with Crippen LogP contribution in [-0.4, -0.2) is 49.5 Å². The maximum absolute atomic E-state index is 9.36. The number of nitrogens with two attached hydrogens (primary N) is 1. The summed E-state index contributed by atoms with van der Waals surface area (Å²) >= 11 is 0. The zero-order valence-corrected chi connectivity index (χ0v) is 11.3. The van der Waals surface area contributed by atoms with E-state index in [4.69, 9.17) is 15.2 Å². The van der Waals surface area contributed by atoms with Crippen LogP contribution in [0.3, 0.4) is 0 Å². The Balaban J connectivity index is 2.09. The Kier molecular flexibility index (Phi) is 5.15. The van der Waals surface area contributed by atoms with Crippen molar-refractivity contribution >= 4 is 0 Å². The third kappa shape index (κ3) is 3.45. The molecule has 2 rings (SSSR count). The van der Waals surface area contributed by atoms with Crippen LogP contribution in [-0.2, 0) is 17.8 Å². The average Bonchev–Trinajstić information content (AvgIpc) is 2.47. The summed E-state index contributed by atoms with van der Waals surface area (Å²) in [6, 6.07) is 6.15. The van der Waals surface area contributed by atoms with Gasteiger partial charge in [-0.15, -0.1) is 0 Å². The second-order valence-corrected chi connectivity index (χ2v) is 4.73. The summed E-state index contributed by atoms with van der Waals surface area (Å²) in [6.45, 7) is 3.54. The van der Waals surface area contributed by atoms with Crippen LogP contribution in [0.15, 0.2) is 18.2 Å². The Bertz CT molecular complexity index is 412.